The monoisotopic (exact) mass is 420 g/mol. The number of amidine groups is 1. The van der Waals surface area contributed by atoms with E-state index in [4.69, 9.17) is 26.8 Å². The number of carbonyl (C=O) groups excluding carboxylic acids is 1. The van der Waals surface area contributed by atoms with Gasteiger partial charge in [-0.3, -0.25) is 10.3 Å². The Bertz CT molecular complexity index is 949. The number of nitrogens with one attached hydrogen (secondary N) is 1. The number of ether oxygens (including phenoxy) is 2. The molecule has 0 unspecified atom stereocenters. The lowest BCUT2D eigenvalue weighted by atomic mass is 9.82. The standard InChI is InChI=1S/C20H22ClFN4O3/c1-19(2)11-20(3,26-16(23)10-28-19)14-8-13(5-6-15(14)22)25-18(27)29-17-7-4-12(21)9-24-17/h4-9H,10-11H2,1-3H3,(H2,23,26)(H,25,27)/t20-/m0/s1. The molecular formula is C20H22ClFN4O3. The molecule has 154 valence electrons. The van der Waals surface area contributed by atoms with Gasteiger partial charge in [0, 0.05) is 29.9 Å². The van der Waals surface area contributed by atoms with E-state index < -0.39 is 23.1 Å². The molecule has 0 spiro atoms. The van der Waals surface area contributed by atoms with Gasteiger partial charge in [0.15, 0.2) is 0 Å². The van der Waals surface area contributed by atoms with Crippen LogP contribution in [0.1, 0.15) is 32.8 Å². The van der Waals surface area contributed by atoms with Crippen molar-refractivity contribution in [1.82, 2.24) is 4.98 Å². The fraction of sp³-hybridized carbons (Fsp3) is 0.350. The van der Waals surface area contributed by atoms with Crippen LogP contribution in [-0.4, -0.2) is 29.1 Å². The second-order valence-electron chi connectivity index (χ2n) is 7.63. The van der Waals surface area contributed by atoms with E-state index in [-0.39, 0.29) is 18.3 Å². The van der Waals surface area contributed by atoms with Crippen LogP contribution in [-0.2, 0) is 10.3 Å². The highest BCUT2D eigenvalue weighted by Crippen LogP contribution is 2.39. The van der Waals surface area contributed by atoms with Gasteiger partial charge in [-0.25, -0.2) is 14.2 Å². The maximum atomic E-state index is 14.7. The van der Waals surface area contributed by atoms with Crippen molar-refractivity contribution in [3.05, 3.63) is 52.9 Å². The van der Waals surface area contributed by atoms with Crippen LogP contribution in [0.25, 0.3) is 0 Å². The highest BCUT2D eigenvalue weighted by atomic mass is 35.5. The number of carbonyl (C=O) groups is 1. The van der Waals surface area contributed by atoms with Crippen molar-refractivity contribution in [1.29, 1.82) is 0 Å². The van der Waals surface area contributed by atoms with Crippen molar-refractivity contribution in [2.45, 2.75) is 38.3 Å². The normalized spacial score (nSPS) is 21.1. The fourth-order valence-corrected chi connectivity index (χ4v) is 3.48. The summed E-state index contributed by atoms with van der Waals surface area (Å²) in [5, 5.41) is 2.99. The number of nitrogens with two attached hydrogens (primary N) is 1. The van der Waals surface area contributed by atoms with Crippen molar-refractivity contribution in [3.63, 3.8) is 0 Å². The van der Waals surface area contributed by atoms with Gasteiger partial charge in [-0.2, -0.15) is 0 Å². The van der Waals surface area contributed by atoms with Gasteiger partial charge in [-0.15, -0.1) is 0 Å². The second-order valence-corrected chi connectivity index (χ2v) is 8.06. The molecule has 1 atom stereocenters. The van der Waals surface area contributed by atoms with Crippen molar-refractivity contribution < 1.29 is 18.7 Å². The Balaban J connectivity index is 1.84. The van der Waals surface area contributed by atoms with Crippen LogP contribution < -0.4 is 15.8 Å². The van der Waals surface area contributed by atoms with Crippen molar-refractivity contribution in [2.75, 3.05) is 11.9 Å². The predicted octanol–water partition coefficient (Wildman–Crippen LogP) is 4.26. The summed E-state index contributed by atoms with van der Waals surface area (Å²) in [6.45, 7) is 5.75. The SMILES string of the molecule is CC1(C)C[C@@](C)(c2cc(NC(=O)Oc3ccc(Cl)cn3)ccc2F)N=C(N)CO1. The molecule has 0 saturated carbocycles. The number of amides is 1. The molecule has 0 radical (unpaired) electrons. The lowest BCUT2D eigenvalue weighted by Crippen LogP contribution is -2.33. The van der Waals surface area contributed by atoms with Gasteiger partial charge < -0.3 is 15.2 Å². The molecular weight excluding hydrogens is 399 g/mol. The lowest BCUT2D eigenvalue weighted by Gasteiger charge is -2.33. The van der Waals surface area contributed by atoms with Gasteiger partial charge in [-0.05, 0) is 45.0 Å². The van der Waals surface area contributed by atoms with Gasteiger partial charge in [0.25, 0.3) is 0 Å². The number of aliphatic imine (C=N–C) groups is 1. The first kappa shape index (κ1) is 21.0. The number of hydrogen-bond donors (Lipinski definition) is 2. The van der Waals surface area contributed by atoms with E-state index in [9.17, 15) is 9.18 Å². The molecule has 1 aromatic carbocycles. The molecule has 7 nitrogen and oxygen atoms in total. The summed E-state index contributed by atoms with van der Waals surface area (Å²) < 4.78 is 25.6. The zero-order valence-corrected chi connectivity index (χ0v) is 17.1. The molecule has 1 aliphatic rings. The smallest absolute Gasteiger partial charge is 0.391 e. The highest BCUT2D eigenvalue weighted by molar-refractivity contribution is 6.30. The van der Waals surface area contributed by atoms with Crippen molar-refractivity contribution in [3.8, 4) is 5.88 Å². The number of halogens is 2. The van der Waals surface area contributed by atoms with Gasteiger partial charge in [-0.1, -0.05) is 11.6 Å². The molecule has 0 aliphatic carbocycles. The number of anilines is 1. The van der Waals surface area contributed by atoms with E-state index in [1.54, 1.807) is 13.0 Å². The summed E-state index contributed by atoms with van der Waals surface area (Å²) in [4.78, 5) is 20.5. The number of rotatable bonds is 3. The van der Waals surface area contributed by atoms with Crippen LogP contribution in [0.5, 0.6) is 5.88 Å². The molecule has 3 rings (SSSR count). The maximum absolute atomic E-state index is 14.7. The zero-order valence-electron chi connectivity index (χ0n) is 16.3. The van der Waals surface area contributed by atoms with Crippen LogP contribution in [0.2, 0.25) is 5.02 Å². The first-order chi connectivity index (χ1) is 13.6. The molecule has 2 heterocycles. The van der Waals surface area contributed by atoms with Gasteiger partial charge in [0.05, 0.1) is 16.2 Å². The quantitative estimate of drug-likeness (QED) is 0.773. The number of benzene rings is 1. The third kappa shape index (κ3) is 5.21. The van der Waals surface area contributed by atoms with E-state index >= 15 is 0 Å². The third-order valence-corrected chi connectivity index (χ3v) is 4.69. The first-order valence-electron chi connectivity index (χ1n) is 8.95. The van der Waals surface area contributed by atoms with Crippen molar-refractivity contribution in [2.24, 2.45) is 10.7 Å². The average Bonchev–Trinajstić information content (AvgIpc) is 2.73. The molecule has 1 aromatic heterocycles. The number of pyridine rings is 1. The number of aromatic nitrogens is 1. The van der Waals surface area contributed by atoms with E-state index in [0.29, 0.717) is 22.7 Å². The largest absolute Gasteiger partial charge is 0.418 e. The molecule has 0 fully saturated rings. The maximum Gasteiger partial charge on any atom is 0.418 e. The Labute approximate surface area is 173 Å². The van der Waals surface area contributed by atoms with E-state index in [0.717, 1.165) is 0 Å². The van der Waals surface area contributed by atoms with Gasteiger partial charge >= 0.3 is 6.09 Å². The van der Waals surface area contributed by atoms with Crippen LogP contribution >= 0.6 is 11.6 Å². The zero-order chi connectivity index (χ0) is 21.2. The van der Waals surface area contributed by atoms with Gasteiger partial charge in [0.1, 0.15) is 18.3 Å². The Kier molecular flexibility index (Phi) is 5.77. The van der Waals surface area contributed by atoms with E-state index in [1.165, 1.54) is 30.5 Å². The Morgan fingerprint density at radius 2 is 2.07 bits per heavy atom. The summed E-state index contributed by atoms with van der Waals surface area (Å²) in [5.74, 6) is -0.0923. The molecule has 1 amide bonds. The molecule has 2 aromatic rings. The minimum Gasteiger partial charge on any atom is -0.391 e. The molecule has 0 saturated heterocycles. The highest BCUT2D eigenvalue weighted by Gasteiger charge is 2.39. The fourth-order valence-electron chi connectivity index (χ4n) is 3.37. The molecule has 3 N–H and O–H groups in total. The minimum absolute atomic E-state index is 0.0845. The lowest BCUT2D eigenvalue weighted by molar-refractivity contribution is -0.0105. The summed E-state index contributed by atoms with van der Waals surface area (Å²) in [6, 6.07) is 7.23. The second kappa shape index (κ2) is 7.96. The Morgan fingerprint density at radius 3 is 2.76 bits per heavy atom. The average molecular weight is 421 g/mol. The third-order valence-electron chi connectivity index (χ3n) is 4.46. The summed E-state index contributed by atoms with van der Waals surface area (Å²) >= 11 is 5.76. The van der Waals surface area contributed by atoms with Crippen molar-refractivity contribution >= 4 is 29.2 Å². The molecule has 1 aliphatic heterocycles. The summed E-state index contributed by atoms with van der Waals surface area (Å²) in [7, 11) is 0. The van der Waals surface area contributed by atoms with E-state index in [1.807, 2.05) is 13.8 Å². The van der Waals surface area contributed by atoms with Crippen LogP contribution in [0.3, 0.4) is 0 Å². The Morgan fingerprint density at radius 1 is 1.31 bits per heavy atom. The van der Waals surface area contributed by atoms with Crippen LogP contribution in [0, 0.1) is 5.82 Å². The summed E-state index contributed by atoms with van der Waals surface area (Å²) in [6.07, 6.45) is 0.995. The molecule has 0 bridgehead atoms. The van der Waals surface area contributed by atoms with Gasteiger partial charge in [0.2, 0.25) is 5.88 Å². The predicted molar refractivity (Wildman–Crippen MR) is 109 cm³/mol. The summed E-state index contributed by atoms with van der Waals surface area (Å²) in [5.41, 5.74) is 5.04. The van der Waals surface area contributed by atoms with Crippen LogP contribution in [0.4, 0.5) is 14.9 Å². The van der Waals surface area contributed by atoms with E-state index in [2.05, 4.69) is 15.3 Å². The minimum atomic E-state index is -0.965. The Hall–Kier alpha value is -2.71. The topological polar surface area (TPSA) is 98.8 Å². The number of nitrogens with zero attached hydrogens (tertiary/aromatic N) is 2. The number of hydrogen-bond acceptors (Lipinski definition) is 6. The first-order valence-corrected chi connectivity index (χ1v) is 9.33. The van der Waals surface area contributed by atoms with Crippen LogP contribution in [0.15, 0.2) is 41.5 Å². The molecule has 29 heavy (non-hydrogen) atoms. The molecule has 9 heteroatoms.